The quantitative estimate of drug-likeness (QED) is 0.177. The summed E-state index contributed by atoms with van der Waals surface area (Å²) < 4.78 is 5.77. The predicted molar refractivity (Wildman–Crippen MR) is 220 cm³/mol. The molecule has 7 rings (SSSR count). The van der Waals surface area contributed by atoms with E-state index in [0.717, 1.165) is 77.0 Å². The van der Waals surface area contributed by atoms with Crippen molar-refractivity contribution >= 4 is 17.9 Å². The fourth-order valence-electron chi connectivity index (χ4n) is 13.0. The highest BCUT2D eigenvalue weighted by Gasteiger charge is 2.59. The van der Waals surface area contributed by atoms with Crippen LogP contribution in [0.25, 0.3) is 11.1 Å². The molecule has 5 aliphatic rings. The van der Waals surface area contributed by atoms with Gasteiger partial charge < -0.3 is 21.1 Å². The first-order valence-corrected chi connectivity index (χ1v) is 21.7. The molecule has 0 saturated heterocycles. The summed E-state index contributed by atoms with van der Waals surface area (Å²) in [5, 5.41) is 6.26. The maximum Gasteiger partial charge on any atom is 0.405 e. The zero-order chi connectivity index (χ0) is 39.1. The molecule has 3 amide bonds. The Labute approximate surface area is 330 Å². The standard InChI is InChI=1S/C48H67N3O4/c1-30(2)12-11-13-31(3)39-20-21-40-38-19-18-32-28-33(22-25-46(32,4)41(38)23-26-47(39,40)5)51-42(52)24-27-50-43(53)29-48(6,55-45(49)54)44-36-16-9-7-14-34(36)35-15-8-10-17-37(35)44/h7-10,14-18,30-31,33,38-41,44H,11-13,19-29H2,1-6H3,(H2,49,54)(H,50,53)(H,51,52)/t31-,33+,38?,39-,40?,41?,46+,47-,48?/m1/s1. The molecule has 4 N–H and O–H groups in total. The molecule has 0 spiro atoms. The van der Waals surface area contributed by atoms with Gasteiger partial charge in [-0.15, -0.1) is 0 Å². The molecule has 0 bridgehead atoms. The number of rotatable bonds is 13. The molecule has 0 aromatic heterocycles. The van der Waals surface area contributed by atoms with Crippen molar-refractivity contribution < 1.29 is 19.1 Å². The summed E-state index contributed by atoms with van der Waals surface area (Å²) in [6, 6.07) is 16.2. The van der Waals surface area contributed by atoms with E-state index in [1.165, 1.54) is 51.4 Å². The van der Waals surface area contributed by atoms with Gasteiger partial charge in [0, 0.05) is 19.0 Å². The molecule has 55 heavy (non-hydrogen) atoms. The lowest BCUT2D eigenvalue weighted by Crippen LogP contribution is -2.52. The summed E-state index contributed by atoms with van der Waals surface area (Å²) in [6.45, 7) is 14.5. The number of allylic oxidation sites excluding steroid dienone is 1. The van der Waals surface area contributed by atoms with Gasteiger partial charge in [-0.3, -0.25) is 9.59 Å². The van der Waals surface area contributed by atoms with Gasteiger partial charge in [-0.1, -0.05) is 114 Å². The average molecular weight is 750 g/mol. The van der Waals surface area contributed by atoms with Crippen molar-refractivity contribution in [1.29, 1.82) is 0 Å². The van der Waals surface area contributed by atoms with Gasteiger partial charge in [0.1, 0.15) is 5.60 Å². The van der Waals surface area contributed by atoms with Crippen molar-refractivity contribution in [1.82, 2.24) is 10.6 Å². The molecule has 9 atom stereocenters. The summed E-state index contributed by atoms with van der Waals surface area (Å²) in [5.41, 5.74) is 10.8. The van der Waals surface area contributed by atoms with E-state index in [-0.39, 0.29) is 48.6 Å². The van der Waals surface area contributed by atoms with E-state index in [1.54, 1.807) is 12.5 Å². The first-order valence-electron chi connectivity index (χ1n) is 21.7. The molecule has 7 nitrogen and oxygen atoms in total. The van der Waals surface area contributed by atoms with Crippen molar-refractivity contribution in [2.75, 3.05) is 6.54 Å². The number of primary amides is 1. The van der Waals surface area contributed by atoms with Gasteiger partial charge in [0.15, 0.2) is 0 Å². The third kappa shape index (κ3) is 7.63. The predicted octanol–water partition coefficient (Wildman–Crippen LogP) is 10.1. The van der Waals surface area contributed by atoms with Crippen LogP contribution < -0.4 is 16.4 Å². The third-order valence-corrected chi connectivity index (χ3v) is 15.6. The Kier molecular flexibility index (Phi) is 11.3. The van der Waals surface area contributed by atoms with Crippen LogP contribution in [0.4, 0.5) is 4.79 Å². The Morgan fingerprint density at radius 2 is 1.58 bits per heavy atom. The van der Waals surface area contributed by atoms with E-state index in [2.05, 4.69) is 63.5 Å². The molecular formula is C48H67N3O4. The first kappa shape index (κ1) is 39.6. The second-order valence-corrected chi connectivity index (χ2v) is 19.4. The number of fused-ring (bicyclic) bond motifs is 8. The number of benzene rings is 2. The van der Waals surface area contributed by atoms with E-state index in [1.807, 2.05) is 36.4 Å². The van der Waals surface area contributed by atoms with Crippen molar-refractivity contribution in [3.8, 4) is 11.1 Å². The van der Waals surface area contributed by atoms with Crippen molar-refractivity contribution in [2.45, 2.75) is 143 Å². The van der Waals surface area contributed by atoms with Crippen LogP contribution >= 0.6 is 0 Å². The lowest BCUT2D eigenvalue weighted by atomic mass is 9.47. The van der Waals surface area contributed by atoms with Gasteiger partial charge in [-0.2, -0.15) is 0 Å². The van der Waals surface area contributed by atoms with Crippen LogP contribution in [0.15, 0.2) is 60.2 Å². The molecule has 0 aliphatic heterocycles. The molecule has 2 aromatic rings. The number of nitrogens with one attached hydrogen (secondary N) is 2. The fourth-order valence-corrected chi connectivity index (χ4v) is 13.0. The minimum atomic E-state index is -1.22. The SMILES string of the molecule is CC(C)CCC[C@@H](C)[C@H]1CCC2C3CC=C4C[C@@H](NC(=O)CCNC(=O)CC(C)(OC(N)=O)C5c6ccccc6-c6ccccc65)CC[C@]4(C)C3CC[C@@]21C. The Morgan fingerprint density at radius 1 is 0.891 bits per heavy atom. The van der Waals surface area contributed by atoms with Gasteiger partial charge in [0.25, 0.3) is 0 Å². The summed E-state index contributed by atoms with van der Waals surface area (Å²) in [4.78, 5) is 38.9. The summed E-state index contributed by atoms with van der Waals surface area (Å²) in [6.07, 6.45) is 15.7. The largest absolute Gasteiger partial charge is 0.442 e. The minimum absolute atomic E-state index is 0.0362. The van der Waals surface area contributed by atoms with Crippen molar-refractivity contribution in [3.05, 3.63) is 71.3 Å². The Balaban J connectivity index is 0.919. The van der Waals surface area contributed by atoms with Crippen LogP contribution in [0.5, 0.6) is 0 Å². The van der Waals surface area contributed by atoms with Gasteiger partial charge in [0.05, 0.1) is 12.3 Å². The number of carbonyl (C=O) groups is 3. The van der Waals surface area contributed by atoms with Crippen LogP contribution in [0.1, 0.15) is 142 Å². The normalized spacial score (nSPS) is 31.1. The van der Waals surface area contributed by atoms with E-state index < -0.39 is 11.7 Å². The van der Waals surface area contributed by atoms with E-state index in [9.17, 15) is 14.4 Å². The van der Waals surface area contributed by atoms with Crippen LogP contribution in [-0.2, 0) is 14.3 Å². The monoisotopic (exact) mass is 750 g/mol. The van der Waals surface area contributed by atoms with Crippen LogP contribution in [0.2, 0.25) is 0 Å². The molecule has 7 heteroatoms. The van der Waals surface area contributed by atoms with Crippen LogP contribution in [-0.4, -0.2) is 36.1 Å². The number of hydrogen-bond donors (Lipinski definition) is 3. The highest BCUT2D eigenvalue weighted by Crippen LogP contribution is 2.67. The molecular weight excluding hydrogens is 683 g/mol. The smallest absolute Gasteiger partial charge is 0.405 e. The molecule has 298 valence electrons. The molecule has 0 radical (unpaired) electrons. The maximum absolute atomic E-state index is 13.4. The van der Waals surface area contributed by atoms with Gasteiger partial charge >= 0.3 is 6.09 Å². The summed E-state index contributed by atoms with van der Waals surface area (Å²) >= 11 is 0. The van der Waals surface area contributed by atoms with E-state index in [0.29, 0.717) is 5.41 Å². The van der Waals surface area contributed by atoms with Crippen LogP contribution in [0, 0.1) is 46.3 Å². The lowest BCUT2D eigenvalue weighted by molar-refractivity contribution is -0.126. The molecule has 2 aromatic carbocycles. The molecule has 3 saturated carbocycles. The highest BCUT2D eigenvalue weighted by molar-refractivity contribution is 5.83. The van der Waals surface area contributed by atoms with E-state index >= 15 is 0 Å². The first-order chi connectivity index (χ1) is 26.2. The van der Waals surface area contributed by atoms with Gasteiger partial charge in [-0.25, -0.2) is 4.79 Å². The second-order valence-electron chi connectivity index (χ2n) is 19.4. The highest BCUT2D eigenvalue weighted by atomic mass is 16.6. The van der Waals surface area contributed by atoms with Gasteiger partial charge in [-0.05, 0) is 127 Å². The molecule has 4 unspecified atom stereocenters. The fraction of sp³-hybridized carbons (Fsp3) is 0.646. The Hall–Kier alpha value is -3.61. The number of ether oxygens (including phenoxy) is 1. The van der Waals surface area contributed by atoms with Crippen molar-refractivity contribution in [3.63, 3.8) is 0 Å². The maximum atomic E-state index is 13.4. The zero-order valence-electron chi connectivity index (χ0n) is 34.4. The number of hydrogen-bond acceptors (Lipinski definition) is 4. The third-order valence-electron chi connectivity index (χ3n) is 15.6. The topological polar surface area (TPSA) is 111 Å². The zero-order valence-corrected chi connectivity index (χ0v) is 34.4. The second kappa shape index (κ2) is 15.7. The summed E-state index contributed by atoms with van der Waals surface area (Å²) in [5.74, 6) is 4.21. The number of carbonyl (C=O) groups excluding carboxylic acids is 3. The van der Waals surface area contributed by atoms with Crippen molar-refractivity contribution in [2.24, 2.45) is 52.1 Å². The molecule has 5 aliphatic carbocycles. The van der Waals surface area contributed by atoms with Gasteiger partial charge in [0.2, 0.25) is 11.8 Å². The number of nitrogens with two attached hydrogens (primary N) is 1. The Bertz CT molecular complexity index is 1740. The van der Waals surface area contributed by atoms with Crippen LogP contribution in [0.3, 0.4) is 0 Å². The Morgan fingerprint density at radius 3 is 2.25 bits per heavy atom. The molecule has 0 heterocycles. The summed E-state index contributed by atoms with van der Waals surface area (Å²) in [7, 11) is 0. The minimum Gasteiger partial charge on any atom is -0.442 e. The number of amides is 3. The average Bonchev–Trinajstić information content (AvgIpc) is 3.67. The molecule has 3 fully saturated rings. The lowest BCUT2D eigenvalue weighted by Gasteiger charge is -2.58. The van der Waals surface area contributed by atoms with E-state index in [4.69, 9.17) is 10.5 Å².